The highest BCUT2D eigenvalue weighted by Gasteiger charge is 2.27. The third kappa shape index (κ3) is 1.51. The normalized spacial score (nSPS) is 18.7. The van der Waals surface area contributed by atoms with Gasteiger partial charge in [-0.2, -0.15) is 0 Å². The van der Waals surface area contributed by atoms with Gasteiger partial charge in [-0.15, -0.1) is 0 Å². The average Bonchev–Trinajstić information content (AvgIpc) is 2.11. The van der Waals surface area contributed by atoms with Crippen molar-refractivity contribution < 1.29 is 4.79 Å². The van der Waals surface area contributed by atoms with Gasteiger partial charge in [-0.1, -0.05) is 28.7 Å². The van der Waals surface area contributed by atoms with E-state index in [1.807, 2.05) is 24.8 Å². The van der Waals surface area contributed by atoms with E-state index in [0.29, 0.717) is 0 Å². The Kier molecular flexibility index (Phi) is 2.03. The molecule has 0 radical (unpaired) electrons. The molecule has 1 aliphatic heterocycles. The molecule has 0 fully saturated rings. The molecule has 0 unspecified atom stereocenters. The van der Waals surface area contributed by atoms with E-state index in [2.05, 4.69) is 22.6 Å². The first-order chi connectivity index (χ1) is 4.52. The molecule has 0 N–H and O–H groups in total. The van der Waals surface area contributed by atoms with E-state index in [-0.39, 0.29) is 9.45 Å². The van der Waals surface area contributed by atoms with Gasteiger partial charge in [0.2, 0.25) is 5.91 Å². The largest absolute Gasteiger partial charge is 0.321 e. The summed E-state index contributed by atoms with van der Waals surface area (Å²) in [5, 5.41) is 0. The maximum atomic E-state index is 11.1. The number of hydrogen-bond acceptors (Lipinski definition) is 1. The van der Waals surface area contributed by atoms with Crippen LogP contribution in [0, 0.1) is 0 Å². The third-order valence-electron chi connectivity index (χ3n) is 1.46. The monoisotopic (exact) mass is 251 g/mol. The Morgan fingerprint density at radius 3 is 2.50 bits per heavy atom. The van der Waals surface area contributed by atoms with E-state index >= 15 is 0 Å². The van der Waals surface area contributed by atoms with Gasteiger partial charge in [-0.05, 0) is 13.8 Å². The molecule has 0 spiro atoms. The number of carbonyl (C=O) groups excluding carboxylic acids is 1. The molecular weight excluding hydrogens is 241 g/mol. The molecule has 1 rings (SSSR count). The second-order valence-electron chi connectivity index (χ2n) is 2.76. The zero-order chi connectivity index (χ0) is 7.78. The molecule has 1 heterocycles. The molecule has 0 aromatic rings. The molecule has 56 valence electrons. The number of halogens is 1. The molecule has 0 atom stereocenters. The minimum Gasteiger partial charge on any atom is -0.321 e. The first-order valence-electron chi connectivity index (χ1n) is 3.19. The highest BCUT2D eigenvalue weighted by molar-refractivity contribution is 14.1. The van der Waals surface area contributed by atoms with Crippen molar-refractivity contribution in [2.24, 2.45) is 0 Å². The predicted octanol–water partition coefficient (Wildman–Crippen LogP) is 1.56. The molecule has 0 aromatic heterocycles. The van der Waals surface area contributed by atoms with Crippen LogP contribution in [0.3, 0.4) is 0 Å². The quantitative estimate of drug-likeness (QED) is 0.393. The first-order valence-corrected chi connectivity index (χ1v) is 4.27. The second-order valence-corrected chi connectivity index (χ2v) is 5.40. The Labute approximate surface area is 74.4 Å². The van der Waals surface area contributed by atoms with Crippen LogP contribution in [-0.2, 0) is 4.79 Å². The summed E-state index contributed by atoms with van der Waals surface area (Å²) in [6, 6.07) is 0. The Balaban J connectivity index is 2.69. The number of alkyl halides is 1. The predicted molar refractivity (Wildman–Crippen MR) is 49.0 cm³/mol. The minimum atomic E-state index is -0.0572. The summed E-state index contributed by atoms with van der Waals surface area (Å²) in [6.07, 6.45) is 3.52. The Hall–Kier alpha value is -0.0600. The van der Waals surface area contributed by atoms with Crippen LogP contribution in [0.4, 0.5) is 0 Å². The SMILES string of the molecule is CC(C)(I)N1CC=CC1=O. The second kappa shape index (κ2) is 2.53. The summed E-state index contributed by atoms with van der Waals surface area (Å²) in [6.45, 7) is 4.81. The standard InChI is InChI=1S/C7H10INO/c1-7(2,8)9-5-3-4-6(9)10/h3-4H,5H2,1-2H3. The molecule has 0 saturated carbocycles. The lowest BCUT2D eigenvalue weighted by Gasteiger charge is -2.29. The molecule has 0 bridgehead atoms. The van der Waals surface area contributed by atoms with Crippen LogP contribution in [0.15, 0.2) is 12.2 Å². The Morgan fingerprint density at radius 1 is 1.70 bits per heavy atom. The summed E-state index contributed by atoms with van der Waals surface area (Å²) < 4.78 is -0.0572. The van der Waals surface area contributed by atoms with E-state index in [0.717, 1.165) is 6.54 Å². The Bertz CT molecular complexity index is 181. The lowest BCUT2D eigenvalue weighted by molar-refractivity contribution is -0.126. The fraction of sp³-hybridized carbons (Fsp3) is 0.571. The van der Waals surface area contributed by atoms with Crippen molar-refractivity contribution in [2.75, 3.05) is 6.54 Å². The molecule has 0 saturated heterocycles. The first kappa shape index (κ1) is 8.04. The zero-order valence-electron chi connectivity index (χ0n) is 6.10. The molecule has 1 aliphatic rings. The van der Waals surface area contributed by atoms with Crippen LogP contribution < -0.4 is 0 Å². The van der Waals surface area contributed by atoms with Crippen LogP contribution in [0.1, 0.15) is 13.8 Å². The van der Waals surface area contributed by atoms with E-state index < -0.39 is 0 Å². The molecule has 2 nitrogen and oxygen atoms in total. The minimum absolute atomic E-state index is 0.0572. The van der Waals surface area contributed by atoms with Gasteiger partial charge in [0, 0.05) is 12.6 Å². The van der Waals surface area contributed by atoms with Crippen molar-refractivity contribution in [2.45, 2.75) is 17.4 Å². The fourth-order valence-electron chi connectivity index (χ4n) is 0.918. The molecular formula is C7H10INO. The van der Waals surface area contributed by atoms with Crippen molar-refractivity contribution >= 4 is 28.5 Å². The van der Waals surface area contributed by atoms with E-state index in [1.165, 1.54) is 0 Å². The summed E-state index contributed by atoms with van der Waals surface area (Å²) in [5.41, 5.74) is 0. The molecule has 0 aromatic carbocycles. The smallest absolute Gasteiger partial charge is 0.247 e. The van der Waals surface area contributed by atoms with Gasteiger partial charge in [0.1, 0.15) is 0 Å². The zero-order valence-corrected chi connectivity index (χ0v) is 8.25. The maximum Gasteiger partial charge on any atom is 0.247 e. The molecule has 10 heavy (non-hydrogen) atoms. The van der Waals surface area contributed by atoms with Gasteiger partial charge in [0.15, 0.2) is 0 Å². The van der Waals surface area contributed by atoms with Crippen molar-refractivity contribution in [3.8, 4) is 0 Å². The van der Waals surface area contributed by atoms with Crippen LogP contribution in [0.25, 0.3) is 0 Å². The summed E-state index contributed by atoms with van der Waals surface area (Å²) >= 11 is 2.26. The molecule has 3 heteroatoms. The molecule has 0 aliphatic carbocycles. The van der Waals surface area contributed by atoms with Crippen LogP contribution >= 0.6 is 22.6 Å². The number of rotatable bonds is 1. The van der Waals surface area contributed by atoms with Gasteiger partial charge in [-0.25, -0.2) is 0 Å². The van der Waals surface area contributed by atoms with Crippen LogP contribution in [-0.4, -0.2) is 20.9 Å². The summed E-state index contributed by atoms with van der Waals surface area (Å²) in [5.74, 6) is 0.124. The van der Waals surface area contributed by atoms with Crippen molar-refractivity contribution in [3.63, 3.8) is 0 Å². The maximum absolute atomic E-state index is 11.1. The number of carbonyl (C=O) groups is 1. The van der Waals surface area contributed by atoms with Crippen molar-refractivity contribution in [1.82, 2.24) is 4.90 Å². The molecule has 1 amide bonds. The van der Waals surface area contributed by atoms with Crippen molar-refractivity contribution in [3.05, 3.63) is 12.2 Å². The van der Waals surface area contributed by atoms with Gasteiger partial charge < -0.3 is 4.90 Å². The average molecular weight is 251 g/mol. The highest BCUT2D eigenvalue weighted by atomic mass is 127. The fourth-order valence-corrected chi connectivity index (χ4v) is 1.35. The van der Waals surface area contributed by atoms with Gasteiger partial charge in [0.25, 0.3) is 0 Å². The lowest BCUT2D eigenvalue weighted by atomic mass is 10.3. The summed E-state index contributed by atoms with van der Waals surface area (Å²) in [4.78, 5) is 12.9. The third-order valence-corrected chi connectivity index (χ3v) is 2.04. The lowest BCUT2D eigenvalue weighted by Crippen LogP contribution is -2.39. The van der Waals surface area contributed by atoms with Crippen LogP contribution in [0.5, 0.6) is 0 Å². The van der Waals surface area contributed by atoms with Crippen molar-refractivity contribution in [1.29, 1.82) is 0 Å². The van der Waals surface area contributed by atoms with Gasteiger partial charge in [0.05, 0.1) is 3.55 Å². The van der Waals surface area contributed by atoms with E-state index in [9.17, 15) is 4.79 Å². The van der Waals surface area contributed by atoms with Crippen LogP contribution in [0.2, 0.25) is 0 Å². The van der Waals surface area contributed by atoms with E-state index in [4.69, 9.17) is 0 Å². The van der Waals surface area contributed by atoms with Gasteiger partial charge in [-0.3, -0.25) is 4.79 Å². The van der Waals surface area contributed by atoms with Gasteiger partial charge >= 0.3 is 0 Å². The number of nitrogens with zero attached hydrogens (tertiary/aromatic N) is 1. The Morgan fingerprint density at radius 2 is 2.30 bits per heavy atom. The van der Waals surface area contributed by atoms with E-state index in [1.54, 1.807) is 6.08 Å². The topological polar surface area (TPSA) is 20.3 Å². The summed E-state index contributed by atoms with van der Waals surface area (Å²) in [7, 11) is 0. The number of amides is 1. The highest BCUT2D eigenvalue weighted by Crippen LogP contribution is 2.24. The number of hydrogen-bond donors (Lipinski definition) is 0.